The summed E-state index contributed by atoms with van der Waals surface area (Å²) >= 11 is 0. The van der Waals surface area contributed by atoms with Crippen LogP contribution in [0.1, 0.15) is 56.6 Å². The summed E-state index contributed by atoms with van der Waals surface area (Å²) in [5.41, 5.74) is 1.76. The van der Waals surface area contributed by atoms with E-state index < -0.39 is 11.7 Å². The van der Waals surface area contributed by atoms with Gasteiger partial charge in [-0.15, -0.1) is 0 Å². The van der Waals surface area contributed by atoms with Gasteiger partial charge in [-0.1, -0.05) is 50.2 Å². The third-order valence-electron chi connectivity index (χ3n) is 6.48. The Kier molecular flexibility index (Phi) is 8.26. The molecule has 32 heavy (non-hydrogen) atoms. The number of carbonyl (C=O) groups excluding carboxylic acids is 1. The van der Waals surface area contributed by atoms with Crippen LogP contribution in [0.5, 0.6) is 0 Å². The Morgan fingerprint density at radius 1 is 1.31 bits per heavy atom. The summed E-state index contributed by atoms with van der Waals surface area (Å²) in [6, 6.07) is 12.9. The van der Waals surface area contributed by atoms with Crippen LogP contribution in [0.15, 0.2) is 42.5 Å². The van der Waals surface area contributed by atoms with E-state index in [2.05, 4.69) is 29.2 Å². The highest BCUT2D eigenvalue weighted by atomic mass is 19.1. The number of benzene rings is 2. The van der Waals surface area contributed by atoms with Crippen molar-refractivity contribution in [2.75, 3.05) is 26.7 Å². The van der Waals surface area contributed by atoms with Crippen molar-refractivity contribution in [3.8, 4) is 11.1 Å². The van der Waals surface area contributed by atoms with E-state index >= 15 is 4.39 Å². The maximum atomic E-state index is 15.3. The van der Waals surface area contributed by atoms with Gasteiger partial charge in [0, 0.05) is 24.6 Å². The van der Waals surface area contributed by atoms with Crippen LogP contribution in [0, 0.1) is 11.7 Å². The summed E-state index contributed by atoms with van der Waals surface area (Å²) in [6.45, 7) is 6.19. The first-order valence-electron chi connectivity index (χ1n) is 11.5. The van der Waals surface area contributed by atoms with Crippen LogP contribution < -0.4 is 10.6 Å². The highest BCUT2D eigenvalue weighted by molar-refractivity contribution is 5.70. The standard InChI is InChI=1S/C26H35FN2O3/c1-18(2)19-8-4-9-20(16-19)24-22(11-5-12-23(24)27)26(31,21-10-6-14-28-17-21)13-7-15-29-25(30)32-3/h4-5,8-9,11-12,16,18,21,28,31H,6-7,10,13-15,17H2,1-3H3,(H,29,30)/t21-,26?/m1/s1. The summed E-state index contributed by atoms with van der Waals surface area (Å²) in [5, 5.41) is 18.2. The zero-order valence-corrected chi connectivity index (χ0v) is 19.3. The third kappa shape index (κ3) is 5.48. The lowest BCUT2D eigenvalue weighted by Gasteiger charge is -2.40. The van der Waals surface area contributed by atoms with Crippen molar-refractivity contribution in [3.63, 3.8) is 0 Å². The predicted molar refractivity (Wildman–Crippen MR) is 125 cm³/mol. The van der Waals surface area contributed by atoms with Gasteiger partial charge in [-0.2, -0.15) is 0 Å². The Hall–Kier alpha value is -2.44. The highest BCUT2D eigenvalue weighted by Crippen LogP contribution is 2.43. The van der Waals surface area contributed by atoms with Gasteiger partial charge in [0.1, 0.15) is 5.82 Å². The fourth-order valence-corrected chi connectivity index (χ4v) is 4.67. The van der Waals surface area contributed by atoms with Gasteiger partial charge < -0.3 is 20.5 Å². The van der Waals surface area contributed by atoms with Crippen molar-refractivity contribution in [3.05, 3.63) is 59.4 Å². The van der Waals surface area contributed by atoms with Crippen molar-refractivity contribution >= 4 is 6.09 Å². The van der Waals surface area contributed by atoms with E-state index in [1.807, 2.05) is 30.3 Å². The summed E-state index contributed by atoms with van der Waals surface area (Å²) < 4.78 is 19.9. The molecule has 1 unspecified atom stereocenters. The van der Waals surface area contributed by atoms with Gasteiger partial charge in [0.15, 0.2) is 0 Å². The lowest BCUT2D eigenvalue weighted by molar-refractivity contribution is -0.0417. The maximum absolute atomic E-state index is 15.3. The molecule has 1 heterocycles. The second kappa shape index (κ2) is 10.9. The number of ether oxygens (including phenoxy) is 1. The average Bonchev–Trinajstić information content (AvgIpc) is 2.82. The van der Waals surface area contributed by atoms with Gasteiger partial charge in [0.2, 0.25) is 0 Å². The Balaban J connectivity index is 2.01. The van der Waals surface area contributed by atoms with Gasteiger partial charge in [0.25, 0.3) is 0 Å². The molecule has 6 heteroatoms. The molecule has 174 valence electrons. The fraction of sp³-hybridized carbons (Fsp3) is 0.500. The lowest BCUT2D eigenvalue weighted by atomic mass is 9.72. The molecule has 3 rings (SSSR count). The van der Waals surface area contributed by atoms with Gasteiger partial charge in [-0.25, -0.2) is 9.18 Å². The molecular weight excluding hydrogens is 407 g/mol. The first kappa shape index (κ1) is 24.2. The number of hydrogen-bond acceptors (Lipinski definition) is 4. The summed E-state index contributed by atoms with van der Waals surface area (Å²) in [4.78, 5) is 11.4. The van der Waals surface area contributed by atoms with Crippen LogP contribution in [0.4, 0.5) is 9.18 Å². The molecule has 0 bridgehead atoms. The molecule has 2 aromatic rings. The van der Waals surface area contributed by atoms with Crippen molar-refractivity contribution < 1.29 is 19.0 Å². The number of alkyl carbamates (subject to hydrolysis) is 1. The number of rotatable bonds is 8. The quantitative estimate of drug-likeness (QED) is 0.507. The molecular formula is C26H35FN2O3. The van der Waals surface area contributed by atoms with E-state index in [1.54, 1.807) is 6.07 Å². The van der Waals surface area contributed by atoms with Crippen LogP contribution in [0.25, 0.3) is 11.1 Å². The Morgan fingerprint density at radius 2 is 2.09 bits per heavy atom. The molecule has 0 aliphatic carbocycles. The Morgan fingerprint density at radius 3 is 2.78 bits per heavy atom. The Labute approximate surface area is 190 Å². The first-order valence-corrected chi connectivity index (χ1v) is 11.5. The molecule has 1 saturated heterocycles. The number of aliphatic hydroxyl groups is 1. The maximum Gasteiger partial charge on any atom is 0.406 e. The molecule has 3 N–H and O–H groups in total. The fourth-order valence-electron chi connectivity index (χ4n) is 4.67. The van der Waals surface area contributed by atoms with E-state index in [4.69, 9.17) is 0 Å². The van der Waals surface area contributed by atoms with Crippen LogP contribution >= 0.6 is 0 Å². The number of amides is 1. The number of hydrogen-bond donors (Lipinski definition) is 3. The topological polar surface area (TPSA) is 70.6 Å². The number of piperidine rings is 1. The lowest BCUT2D eigenvalue weighted by Crippen LogP contribution is -2.45. The van der Waals surface area contributed by atoms with Gasteiger partial charge in [-0.05, 0) is 60.9 Å². The molecule has 5 nitrogen and oxygen atoms in total. The first-order chi connectivity index (χ1) is 15.4. The molecule has 0 radical (unpaired) electrons. The molecule has 1 fully saturated rings. The zero-order valence-electron chi connectivity index (χ0n) is 19.3. The van der Waals surface area contributed by atoms with Crippen LogP contribution in [0.2, 0.25) is 0 Å². The van der Waals surface area contributed by atoms with E-state index in [0.717, 1.165) is 30.5 Å². The summed E-state index contributed by atoms with van der Waals surface area (Å²) in [6.07, 6.45) is 2.27. The molecule has 2 aromatic carbocycles. The minimum Gasteiger partial charge on any atom is -0.453 e. The summed E-state index contributed by atoms with van der Waals surface area (Å²) in [7, 11) is 1.32. The normalized spacial score (nSPS) is 18.2. The van der Waals surface area contributed by atoms with Crippen molar-refractivity contribution in [2.24, 2.45) is 5.92 Å². The monoisotopic (exact) mass is 442 g/mol. The van der Waals surface area contributed by atoms with Crippen LogP contribution in [-0.4, -0.2) is 37.9 Å². The smallest absolute Gasteiger partial charge is 0.406 e. The number of carbonyl (C=O) groups is 1. The van der Waals surface area contributed by atoms with Gasteiger partial charge in [-0.3, -0.25) is 0 Å². The predicted octanol–water partition coefficient (Wildman–Crippen LogP) is 4.94. The number of halogens is 1. The molecule has 1 aliphatic heterocycles. The Bertz CT molecular complexity index is 912. The van der Waals surface area contributed by atoms with Crippen LogP contribution in [0.3, 0.4) is 0 Å². The summed E-state index contributed by atoms with van der Waals surface area (Å²) in [5.74, 6) is -0.0718. The SMILES string of the molecule is COC(=O)NCCCC(O)(c1cccc(F)c1-c1cccc(C(C)C)c1)[C@@H]1CCCNC1. The molecule has 0 spiro atoms. The van der Waals surface area contributed by atoms with Crippen molar-refractivity contribution in [2.45, 2.75) is 51.0 Å². The van der Waals surface area contributed by atoms with Crippen LogP contribution in [-0.2, 0) is 10.3 Å². The third-order valence-corrected chi connectivity index (χ3v) is 6.48. The molecule has 2 atom stereocenters. The number of methoxy groups -OCH3 is 1. The van der Waals surface area contributed by atoms with Crippen molar-refractivity contribution in [1.29, 1.82) is 0 Å². The second-order valence-corrected chi connectivity index (χ2v) is 8.93. The molecule has 1 amide bonds. The molecule has 0 saturated carbocycles. The highest BCUT2D eigenvalue weighted by Gasteiger charge is 2.40. The minimum absolute atomic E-state index is 0.0526. The molecule has 1 aliphatic rings. The van der Waals surface area contributed by atoms with E-state index in [1.165, 1.54) is 13.2 Å². The van der Waals surface area contributed by atoms with E-state index in [0.29, 0.717) is 43.0 Å². The zero-order chi connectivity index (χ0) is 23.1. The van der Waals surface area contributed by atoms with E-state index in [9.17, 15) is 9.90 Å². The average molecular weight is 443 g/mol. The molecule has 0 aromatic heterocycles. The van der Waals surface area contributed by atoms with Gasteiger partial charge >= 0.3 is 6.09 Å². The van der Waals surface area contributed by atoms with Crippen molar-refractivity contribution in [1.82, 2.24) is 10.6 Å². The second-order valence-electron chi connectivity index (χ2n) is 8.93. The largest absolute Gasteiger partial charge is 0.453 e. The van der Waals surface area contributed by atoms with Gasteiger partial charge in [0.05, 0.1) is 12.7 Å². The number of nitrogens with one attached hydrogen (secondary N) is 2. The minimum atomic E-state index is -1.23. The van der Waals surface area contributed by atoms with E-state index in [-0.39, 0.29) is 11.7 Å².